The van der Waals surface area contributed by atoms with Crippen LogP contribution in [0.4, 0.5) is 0 Å². The van der Waals surface area contributed by atoms with Crippen LogP contribution in [0.1, 0.15) is 25.7 Å². The fourth-order valence-corrected chi connectivity index (χ4v) is 2.99. The number of nitrogens with one attached hydrogen (secondary N) is 1. The molecule has 2 saturated heterocycles. The van der Waals surface area contributed by atoms with Crippen LogP contribution in [0.25, 0.3) is 0 Å². The van der Waals surface area contributed by atoms with E-state index in [2.05, 4.69) is 5.32 Å². The number of hydrogen-bond donors (Lipinski definition) is 2. The first-order valence-corrected chi connectivity index (χ1v) is 7.02. The molecule has 6 nitrogen and oxygen atoms in total. The summed E-state index contributed by atoms with van der Waals surface area (Å²) in [5.41, 5.74) is 0. The van der Waals surface area contributed by atoms with Crippen molar-refractivity contribution in [3.8, 4) is 0 Å². The summed E-state index contributed by atoms with van der Waals surface area (Å²) in [4.78, 5) is 26.7. The van der Waals surface area contributed by atoms with Crippen LogP contribution in [0.3, 0.4) is 0 Å². The Bertz CT molecular complexity index is 334. The molecule has 0 aromatic heterocycles. The molecule has 0 aromatic carbocycles. The van der Waals surface area contributed by atoms with Crippen LogP contribution in [0.5, 0.6) is 0 Å². The quantitative estimate of drug-likeness (QED) is 0.736. The number of rotatable bonds is 4. The van der Waals surface area contributed by atoms with Gasteiger partial charge in [-0.2, -0.15) is 0 Å². The molecule has 0 aromatic rings. The number of likely N-dealkylation sites (N-methyl/N-ethyl adjacent to an activating group) is 1. The van der Waals surface area contributed by atoms with E-state index in [-0.39, 0.29) is 24.5 Å². The van der Waals surface area contributed by atoms with E-state index in [1.165, 1.54) is 0 Å². The molecule has 1 unspecified atom stereocenters. The lowest BCUT2D eigenvalue weighted by Crippen LogP contribution is -2.50. The lowest BCUT2D eigenvalue weighted by Gasteiger charge is -2.37. The van der Waals surface area contributed by atoms with Crippen molar-refractivity contribution in [1.29, 1.82) is 0 Å². The third kappa shape index (κ3) is 3.67. The summed E-state index contributed by atoms with van der Waals surface area (Å²) in [6, 6.07) is 0.282. The molecule has 2 N–H and O–H groups in total. The SMILES string of the molecule is CN(CC(=O)O)C1CCN(C(=O)C2CCCN2)CC1. The minimum Gasteiger partial charge on any atom is -0.480 e. The maximum absolute atomic E-state index is 12.2. The van der Waals surface area contributed by atoms with Gasteiger partial charge in [0.05, 0.1) is 12.6 Å². The van der Waals surface area contributed by atoms with Gasteiger partial charge in [0.25, 0.3) is 0 Å². The molecule has 0 bridgehead atoms. The number of likely N-dealkylation sites (tertiary alicyclic amines) is 1. The van der Waals surface area contributed by atoms with Crippen LogP contribution in [-0.4, -0.2) is 72.1 Å². The van der Waals surface area contributed by atoms with Gasteiger partial charge in [-0.15, -0.1) is 0 Å². The summed E-state index contributed by atoms with van der Waals surface area (Å²) in [6.07, 6.45) is 3.75. The van der Waals surface area contributed by atoms with E-state index in [0.29, 0.717) is 0 Å². The zero-order valence-corrected chi connectivity index (χ0v) is 11.5. The minimum atomic E-state index is -0.795. The molecule has 0 aliphatic carbocycles. The van der Waals surface area contributed by atoms with Crippen LogP contribution < -0.4 is 5.32 Å². The molecule has 6 heteroatoms. The second-order valence-corrected chi connectivity index (χ2v) is 5.51. The molecule has 0 radical (unpaired) electrons. The van der Waals surface area contributed by atoms with Crippen molar-refractivity contribution in [2.45, 2.75) is 37.8 Å². The molecule has 0 saturated carbocycles. The Labute approximate surface area is 113 Å². The highest BCUT2D eigenvalue weighted by Crippen LogP contribution is 2.17. The molecular weight excluding hydrogens is 246 g/mol. The highest BCUT2D eigenvalue weighted by Gasteiger charge is 2.30. The van der Waals surface area contributed by atoms with Crippen LogP contribution in [-0.2, 0) is 9.59 Å². The molecule has 2 aliphatic heterocycles. The van der Waals surface area contributed by atoms with E-state index in [1.54, 1.807) is 0 Å². The van der Waals surface area contributed by atoms with E-state index in [0.717, 1.165) is 45.3 Å². The number of carbonyl (C=O) groups excluding carboxylic acids is 1. The Hall–Kier alpha value is -1.14. The molecule has 2 heterocycles. The zero-order valence-electron chi connectivity index (χ0n) is 11.5. The van der Waals surface area contributed by atoms with Gasteiger partial charge < -0.3 is 15.3 Å². The van der Waals surface area contributed by atoms with Crippen molar-refractivity contribution < 1.29 is 14.7 Å². The second-order valence-electron chi connectivity index (χ2n) is 5.51. The summed E-state index contributed by atoms with van der Waals surface area (Å²) in [5, 5.41) is 12.0. The third-order valence-corrected chi connectivity index (χ3v) is 4.14. The van der Waals surface area contributed by atoms with Crippen molar-refractivity contribution in [3.05, 3.63) is 0 Å². The number of nitrogens with zero attached hydrogens (tertiary/aromatic N) is 2. The van der Waals surface area contributed by atoms with Gasteiger partial charge in [0.15, 0.2) is 0 Å². The Morgan fingerprint density at radius 3 is 2.53 bits per heavy atom. The molecular formula is C13H23N3O3. The third-order valence-electron chi connectivity index (χ3n) is 4.14. The van der Waals surface area contributed by atoms with E-state index < -0.39 is 5.97 Å². The van der Waals surface area contributed by atoms with Gasteiger partial charge in [-0.3, -0.25) is 14.5 Å². The van der Waals surface area contributed by atoms with Crippen LogP contribution >= 0.6 is 0 Å². The van der Waals surface area contributed by atoms with E-state index >= 15 is 0 Å². The number of hydrogen-bond acceptors (Lipinski definition) is 4. The maximum atomic E-state index is 12.2. The predicted octanol–water partition coefficient (Wildman–Crippen LogP) is -0.254. The number of carboxylic acid groups (broad SMARTS) is 1. The van der Waals surface area contributed by atoms with Crippen molar-refractivity contribution in [2.75, 3.05) is 33.2 Å². The number of piperidine rings is 1. The highest BCUT2D eigenvalue weighted by atomic mass is 16.4. The molecule has 2 fully saturated rings. The minimum absolute atomic E-state index is 0.00768. The summed E-state index contributed by atoms with van der Waals surface area (Å²) in [5.74, 6) is -0.576. The molecule has 1 amide bonds. The summed E-state index contributed by atoms with van der Waals surface area (Å²) in [6.45, 7) is 2.49. The van der Waals surface area contributed by atoms with Crippen LogP contribution in [0.2, 0.25) is 0 Å². The standard InChI is InChI=1S/C13H23N3O3/c1-15(9-12(17)18)10-4-7-16(8-5-10)13(19)11-3-2-6-14-11/h10-11,14H,2-9H2,1H3,(H,17,18). The Kier molecular flexibility index (Phi) is 4.76. The first kappa shape index (κ1) is 14.3. The van der Waals surface area contributed by atoms with Crippen LogP contribution in [0.15, 0.2) is 0 Å². The van der Waals surface area contributed by atoms with Gasteiger partial charge in [-0.1, -0.05) is 0 Å². The smallest absolute Gasteiger partial charge is 0.317 e. The number of amides is 1. The second kappa shape index (κ2) is 6.34. The Morgan fingerprint density at radius 1 is 1.32 bits per heavy atom. The topological polar surface area (TPSA) is 72.9 Å². The molecule has 2 aliphatic rings. The fourth-order valence-electron chi connectivity index (χ4n) is 2.99. The highest BCUT2D eigenvalue weighted by molar-refractivity contribution is 5.82. The average Bonchev–Trinajstić information content (AvgIpc) is 2.91. The molecule has 0 spiro atoms. The molecule has 2 rings (SSSR count). The number of aliphatic carboxylic acids is 1. The monoisotopic (exact) mass is 269 g/mol. The summed E-state index contributed by atoms with van der Waals surface area (Å²) < 4.78 is 0. The van der Waals surface area contributed by atoms with E-state index in [9.17, 15) is 9.59 Å². The predicted molar refractivity (Wildman–Crippen MR) is 70.9 cm³/mol. The lowest BCUT2D eigenvalue weighted by molar-refractivity contribution is -0.140. The van der Waals surface area contributed by atoms with Crippen molar-refractivity contribution in [1.82, 2.24) is 15.1 Å². The summed E-state index contributed by atoms with van der Waals surface area (Å²) >= 11 is 0. The lowest BCUT2D eigenvalue weighted by atomic mass is 10.0. The van der Waals surface area contributed by atoms with Gasteiger partial charge in [0.1, 0.15) is 0 Å². The Balaban J connectivity index is 1.78. The van der Waals surface area contributed by atoms with Crippen molar-refractivity contribution in [2.24, 2.45) is 0 Å². The van der Waals surface area contributed by atoms with E-state index in [1.807, 2.05) is 16.8 Å². The first-order chi connectivity index (χ1) is 9.08. The largest absolute Gasteiger partial charge is 0.480 e. The first-order valence-electron chi connectivity index (χ1n) is 7.02. The molecule has 19 heavy (non-hydrogen) atoms. The molecule has 1 atom stereocenters. The fraction of sp³-hybridized carbons (Fsp3) is 0.846. The molecule has 108 valence electrons. The average molecular weight is 269 g/mol. The van der Waals surface area contributed by atoms with Crippen molar-refractivity contribution in [3.63, 3.8) is 0 Å². The van der Waals surface area contributed by atoms with E-state index in [4.69, 9.17) is 5.11 Å². The summed E-state index contributed by atoms with van der Waals surface area (Å²) in [7, 11) is 1.84. The van der Waals surface area contributed by atoms with Gasteiger partial charge in [-0.25, -0.2) is 0 Å². The van der Waals surface area contributed by atoms with Crippen LogP contribution in [0, 0.1) is 0 Å². The van der Waals surface area contributed by atoms with Gasteiger partial charge in [0.2, 0.25) is 5.91 Å². The number of carboxylic acids is 1. The Morgan fingerprint density at radius 2 is 2.00 bits per heavy atom. The van der Waals surface area contributed by atoms with Gasteiger partial charge in [0, 0.05) is 19.1 Å². The van der Waals surface area contributed by atoms with Crippen molar-refractivity contribution >= 4 is 11.9 Å². The number of carbonyl (C=O) groups is 2. The van der Waals surface area contributed by atoms with Gasteiger partial charge in [-0.05, 0) is 39.3 Å². The normalized spacial score (nSPS) is 24.9. The zero-order chi connectivity index (χ0) is 13.8. The maximum Gasteiger partial charge on any atom is 0.317 e. The van der Waals surface area contributed by atoms with Gasteiger partial charge >= 0.3 is 5.97 Å².